The van der Waals surface area contributed by atoms with E-state index in [-0.39, 0.29) is 24.8 Å². The smallest absolute Gasteiger partial charge is 0.503 e. The number of anilines is 1. The van der Waals surface area contributed by atoms with Crippen molar-refractivity contribution in [3.63, 3.8) is 0 Å². The zero-order chi connectivity index (χ0) is 16.4. The van der Waals surface area contributed by atoms with Gasteiger partial charge in [0.1, 0.15) is 11.5 Å². The summed E-state index contributed by atoms with van der Waals surface area (Å²) in [4.78, 5) is 15.8. The van der Waals surface area contributed by atoms with E-state index in [2.05, 4.69) is 6.08 Å². The Hall–Kier alpha value is -1.80. The van der Waals surface area contributed by atoms with E-state index >= 15 is 0 Å². The van der Waals surface area contributed by atoms with Crippen LogP contribution in [0.15, 0.2) is 52.3 Å². The van der Waals surface area contributed by atoms with Crippen molar-refractivity contribution < 1.29 is 33.1 Å². The molecule has 0 aromatic heterocycles. The number of methoxy groups -OCH3 is 2. The van der Waals surface area contributed by atoms with Gasteiger partial charge in [-0.25, -0.2) is 0 Å². The summed E-state index contributed by atoms with van der Waals surface area (Å²) >= 11 is 1.43. The van der Waals surface area contributed by atoms with Gasteiger partial charge in [0.25, 0.3) is 0 Å². The number of hydrogen-bond donors (Lipinski definition) is 0. The number of hydrogen-bond acceptors (Lipinski definition) is 4. The summed E-state index contributed by atoms with van der Waals surface area (Å²) in [6, 6.07) is 13.3. The van der Waals surface area contributed by atoms with Crippen molar-refractivity contribution in [2.24, 2.45) is 0 Å². The third-order valence-electron chi connectivity index (χ3n) is 3.58. The van der Waals surface area contributed by atoms with Crippen molar-refractivity contribution in [2.45, 2.75) is 4.90 Å². The van der Waals surface area contributed by atoms with Gasteiger partial charge in [-0.2, -0.15) is 0 Å². The Balaban J connectivity index is 0.00000208. The molecule has 1 aliphatic rings. The molecule has 0 radical (unpaired) electrons. The second-order valence-electron chi connectivity index (χ2n) is 4.96. The number of thioether (sulfide) groups is 1. The first-order valence-electron chi connectivity index (χ1n) is 7.05. The third kappa shape index (κ3) is 3.49. The molecule has 1 aliphatic heterocycles. The molecule has 0 N–H and O–H groups in total. The van der Waals surface area contributed by atoms with Gasteiger partial charge in [-0.1, -0.05) is 24.3 Å². The van der Waals surface area contributed by atoms with Crippen LogP contribution in [-0.2, 0) is 4.79 Å². The van der Waals surface area contributed by atoms with Gasteiger partial charge in [0.05, 0.1) is 14.2 Å². The van der Waals surface area contributed by atoms with Gasteiger partial charge in [0.2, 0.25) is 0 Å². The van der Waals surface area contributed by atoms with E-state index in [1.807, 2.05) is 30.3 Å². The minimum atomic E-state index is -0.0662. The zero-order valence-corrected chi connectivity index (χ0v) is 14.9. The first-order valence-corrected chi connectivity index (χ1v) is 7.86. The first-order chi connectivity index (χ1) is 11.1. The molecule has 2 aromatic carbocycles. The summed E-state index contributed by atoms with van der Waals surface area (Å²) < 4.78 is 10.5. The molecular weight excluding hydrogens is 317 g/mol. The Morgan fingerprint density at radius 3 is 2.46 bits per heavy atom. The van der Waals surface area contributed by atoms with Gasteiger partial charge >= 0.3 is 18.9 Å². The number of amides is 1. The number of benzene rings is 2. The van der Waals surface area contributed by atoms with Gasteiger partial charge in [0.15, 0.2) is 5.91 Å². The fraction of sp³-hybridized carbons (Fsp3) is 0.167. The van der Waals surface area contributed by atoms with Crippen LogP contribution in [0.4, 0.5) is 5.69 Å². The molecule has 4 nitrogen and oxygen atoms in total. The van der Waals surface area contributed by atoms with Gasteiger partial charge in [-0.05, 0) is 17.0 Å². The Kier molecular flexibility index (Phi) is 6.06. The average Bonchev–Trinajstić information content (AvgIpc) is 2.59. The predicted octanol–water partition coefficient (Wildman–Crippen LogP) is 0.512. The van der Waals surface area contributed by atoms with Gasteiger partial charge in [-0.15, -0.1) is 29.5 Å². The topological polar surface area (TPSA) is 38.8 Å². The van der Waals surface area contributed by atoms with Gasteiger partial charge in [0, 0.05) is 17.6 Å². The number of fused-ring (bicyclic) bond motifs is 1. The van der Waals surface area contributed by atoms with E-state index < -0.39 is 0 Å². The van der Waals surface area contributed by atoms with Crippen molar-refractivity contribution in [1.82, 2.24) is 0 Å². The molecule has 0 saturated heterocycles. The van der Waals surface area contributed by atoms with Crippen LogP contribution in [0.1, 0.15) is 5.56 Å². The maximum absolute atomic E-state index is 12.5. The quantitative estimate of drug-likeness (QED) is 0.466. The van der Waals surface area contributed by atoms with Crippen molar-refractivity contribution in [3.8, 4) is 11.5 Å². The van der Waals surface area contributed by atoms with Crippen molar-refractivity contribution >= 4 is 23.4 Å². The van der Waals surface area contributed by atoms with E-state index in [0.717, 1.165) is 16.1 Å². The molecular formula is C18H16LiNO3S. The standard InChI is InChI=1S/C18H16NO3S.Li/c1-19-13-6-4-5-7-16(13)23-17(18(19)20)11-12-8-9-14(21-2)15(10-12)22-3;/h4-10H,1-3H3;/q-1;+1. The average molecular weight is 333 g/mol. The van der Waals surface area contributed by atoms with Crippen LogP contribution >= 0.6 is 11.8 Å². The number of likely N-dealkylation sites (N-methyl/N-ethyl adjacent to an activating group) is 1. The number of carbonyl (C=O) groups excluding carboxylic acids is 1. The van der Waals surface area contributed by atoms with Gasteiger partial charge in [-0.3, -0.25) is 0 Å². The molecule has 24 heavy (non-hydrogen) atoms. The second kappa shape index (κ2) is 7.85. The number of carbonyl (C=O) groups is 1. The third-order valence-corrected chi connectivity index (χ3v) is 4.62. The Labute approximate surface area is 158 Å². The minimum absolute atomic E-state index is 0. The van der Waals surface area contributed by atoms with E-state index in [4.69, 9.17) is 9.47 Å². The van der Waals surface area contributed by atoms with E-state index in [1.165, 1.54) is 11.8 Å². The SMILES string of the molecule is COc1ccc([C-]=C2Sc3ccccc3N(C)C2=O)cc1OC.[Li+]. The summed E-state index contributed by atoms with van der Waals surface area (Å²) in [5.41, 5.74) is 1.69. The molecule has 0 fully saturated rings. The van der Waals surface area contributed by atoms with E-state index in [0.29, 0.717) is 16.4 Å². The number of nitrogens with zero attached hydrogens (tertiary/aromatic N) is 1. The molecule has 0 aliphatic carbocycles. The monoisotopic (exact) mass is 333 g/mol. The number of para-hydroxylation sites is 1. The molecule has 118 valence electrons. The summed E-state index contributed by atoms with van der Waals surface area (Å²) in [5.74, 6) is 1.19. The van der Waals surface area contributed by atoms with Crippen molar-refractivity contribution in [2.75, 3.05) is 26.2 Å². The molecule has 0 spiro atoms. The molecule has 1 amide bonds. The Morgan fingerprint density at radius 2 is 1.75 bits per heavy atom. The second-order valence-corrected chi connectivity index (χ2v) is 6.01. The number of ether oxygens (including phenoxy) is 2. The molecule has 3 rings (SSSR count). The van der Waals surface area contributed by atoms with Gasteiger partial charge < -0.3 is 19.2 Å². The summed E-state index contributed by atoms with van der Waals surface area (Å²) in [5, 5.41) is 0. The van der Waals surface area contributed by atoms with Crippen LogP contribution < -0.4 is 33.2 Å². The molecule has 0 bridgehead atoms. The molecule has 0 saturated carbocycles. The fourth-order valence-electron chi connectivity index (χ4n) is 2.36. The number of rotatable bonds is 3. The molecule has 0 unspecified atom stereocenters. The Bertz CT molecular complexity index is 792. The van der Waals surface area contributed by atoms with E-state index in [1.54, 1.807) is 38.3 Å². The minimum Gasteiger partial charge on any atom is -0.503 e. The van der Waals surface area contributed by atoms with Crippen LogP contribution in [0.5, 0.6) is 11.5 Å². The molecule has 2 aromatic rings. The Morgan fingerprint density at radius 1 is 1.04 bits per heavy atom. The molecule has 6 heteroatoms. The van der Waals surface area contributed by atoms with Crippen molar-refractivity contribution in [3.05, 3.63) is 59.0 Å². The molecule has 1 heterocycles. The normalized spacial score (nSPS) is 14.9. The van der Waals surface area contributed by atoms with E-state index in [9.17, 15) is 4.79 Å². The first kappa shape index (κ1) is 18.5. The van der Waals surface area contributed by atoms with Crippen LogP contribution in [0, 0.1) is 6.08 Å². The van der Waals surface area contributed by atoms with Crippen molar-refractivity contribution in [1.29, 1.82) is 0 Å². The summed E-state index contributed by atoms with van der Waals surface area (Å²) in [6.07, 6.45) is 3.18. The maximum Gasteiger partial charge on any atom is 1.00 e. The predicted molar refractivity (Wildman–Crippen MR) is 91.1 cm³/mol. The zero-order valence-electron chi connectivity index (χ0n) is 14.1. The van der Waals surface area contributed by atoms with Crippen LogP contribution in [-0.4, -0.2) is 27.2 Å². The largest absolute Gasteiger partial charge is 1.00 e. The molecule has 0 atom stereocenters. The summed E-state index contributed by atoms with van der Waals surface area (Å²) in [6.45, 7) is 0. The van der Waals surface area contributed by atoms with Crippen LogP contribution in [0.3, 0.4) is 0 Å². The van der Waals surface area contributed by atoms with Crippen LogP contribution in [0.2, 0.25) is 0 Å². The summed E-state index contributed by atoms with van der Waals surface area (Å²) in [7, 11) is 4.95. The maximum atomic E-state index is 12.5. The fourth-order valence-corrected chi connectivity index (χ4v) is 3.43. The van der Waals surface area contributed by atoms with Crippen LogP contribution in [0.25, 0.3) is 0 Å².